The highest BCUT2D eigenvalue weighted by Crippen LogP contribution is 2.32. The van der Waals surface area contributed by atoms with E-state index in [1.54, 1.807) is 6.20 Å². The molecule has 1 fully saturated rings. The number of hydrogen-bond acceptors (Lipinski definition) is 5. The van der Waals surface area contributed by atoms with E-state index in [4.69, 9.17) is 0 Å². The van der Waals surface area contributed by atoms with Gasteiger partial charge in [0.15, 0.2) is 0 Å². The van der Waals surface area contributed by atoms with E-state index < -0.39 is 6.10 Å². The lowest BCUT2D eigenvalue weighted by Crippen LogP contribution is -2.46. The third-order valence-electron chi connectivity index (χ3n) is 4.95. The van der Waals surface area contributed by atoms with E-state index >= 15 is 0 Å². The molecule has 1 aliphatic heterocycles. The highest BCUT2D eigenvalue weighted by Gasteiger charge is 2.23. The molecule has 2 heterocycles. The average Bonchev–Trinajstić information content (AvgIpc) is 3.25. The van der Waals surface area contributed by atoms with Gasteiger partial charge in [-0.3, -0.25) is 4.90 Å². The van der Waals surface area contributed by atoms with Gasteiger partial charge in [-0.25, -0.2) is 9.37 Å². The molecule has 1 N–H and O–H groups in total. The summed E-state index contributed by atoms with van der Waals surface area (Å²) in [7, 11) is 0. The highest BCUT2D eigenvalue weighted by molar-refractivity contribution is 7.09. The number of nitrogens with zero attached hydrogens (tertiary/aromatic N) is 3. The number of aliphatic hydroxyl groups excluding tert-OH is 1. The van der Waals surface area contributed by atoms with Gasteiger partial charge in [0.2, 0.25) is 0 Å². The Labute approximate surface area is 162 Å². The molecule has 0 saturated carbocycles. The summed E-state index contributed by atoms with van der Waals surface area (Å²) < 4.78 is 13.1. The number of aliphatic hydroxyl groups is 1. The number of rotatable bonds is 5. The molecule has 1 aliphatic rings. The van der Waals surface area contributed by atoms with Crippen molar-refractivity contribution >= 4 is 17.0 Å². The zero-order valence-corrected chi connectivity index (χ0v) is 15.8. The van der Waals surface area contributed by atoms with Crippen LogP contribution in [0, 0.1) is 5.82 Å². The van der Waals surface area contributed by atoms with Crippen LogP contribution in [0.3, 0.4) is 0 Å². The summed E-state index contributed by atoms with van der Waals surface area (Å²) in [6, 6.07) is 14.7. The van der Waals surface area contributed by atoms with Crippen molar-refractivity contribution in [3.05, 3.63) is 82.1 Å². The highest BCUT2D eigenvalue weighted by atomic mass is 32.1. The van der Waals surface area contributed by atoms with Crippen molar-refractivity contribution in [2.75, 3.05) is 31.1 Å². The molecule has 4 rings (SSSR count). The molecule has 0 amide bonds. The predicted octanol–water partition coefficient (Wildman–Crippen LogP) is 3.69. The lowest BCUT2D eigenvalue weighted by Gasteiger charge is -2.37. The minimum Gasteiger partial charge on any atom is -0.381 e. The third-order valence-corrected chi connectivity index (χ3v) is 5.78. The molecule has 1 saturated heterocycles. The quantitative estimate of drug-likeness (QED) is 0.730. The van der Waals surface area contributed by atoms with E-state index in [0.29, 0.717) is 0 Å². The molecule has 3 aromatic rings. The van der Waals surface area contributed by atoms with E-state index in [9.17, 15) is 9.50 Å². The topological polar surface area (TPSA) is 39.6 Å². The fraction of sp³-hybridized carbons (Fsp3) is 0.286. The minimum absolute atomic E-state index is 0.195. The van der Waals surface area contributed by atoms with Gasteiger partial charge in [-0.15, -0.1) is 11.3 Å². The van der Waals surface area contributed by atoms with Gasteiger partial charge >= 0.3 is 0 Å². The van der Waals surface area contributed by atoms with Gasteiger partial charge in [0.25, 0.3) is 0 Å². The van der Waals surface area contributed by atoms with Crippen LogP contribution < -0.4 is 4.90 Å². The molecular weight excluding hydrogens is 361 g/mol. The van der Waals surface area contributed by atoms with Crippen molar-refractivity contribution in [2.45, 2.75) is 12.6 Å². The zero-order valence-electron chi connectivity index (χ0n) is 15.0. The first-order valence-corrected chi connectivity index (χ1v) is 9.97. The molecular formula is C21H22FN3OS. The monoisotopic (exact) mass is 383 g/mol. The number of halogens is 1. The van der Waals surface area contributed by atoms with Crippen LogP contribution in [0.25, 0.3) is 0 Å². The van der Waals surface area contributed by atoms with E-state index in [0.717, 1.165) is 54.5 Å². The largest absolute Gasteiger partial charge is 0.381 e. The normalized spacial score (nSPS) is 16.4. The standard InChI is InChI=1S/C21H22FN3OS/c22-17-7-5-16(6-8-17)15-24-10-12-25(13-11-24)19-4-2-1-3-18(19)20(26)21-23-9-14-27-21/h1-9,14,20,26H,10-13,15H2/t20-/m0/s1. The third kappa shape index (κ3) is 4.18. The number of anilines is 1. The molecule has 0 radical (unpaired) electrons. The molecule has 4 nitrogen and oxygen atoms in total. The van der Waals surface area contributed by atoms with Gasteiger partial charge in [0.05, 0.1) is 0 Å². The molecule has 1 aromatic heterocycles. The second-order valence-electron chi connectivity index (χ2n) is 6.72. The zero-order chi connectivity index (χ0) is 18.6. The second kappa shape index (κ2) is 8.17. The second-order valence-corrected chi connectivity index (χ2v) is 7.65. The van der Waals surface area contributed by atoms with Gasteiger partial charge in [-0.05, 0) is 23.8 Å². The van der Waals surface area contributed by atoms with Crippen molar-refractivity contribution in [1.82, 2.24) is 9.88 Å². The molecule has 140 valence electrons. The van der Waals surface area contributed by atoms with E-state index in [2.05, 4.69) is 20.9 Å². The number of aromatic nitrogens is 1. The Morgan fingerprint density at radius 3 is 2.48 bits per heavy atom. The summed E-state index contributed by atoms with van der Waals surface area (Å²) in [5.41, 5.74) is 3.10. The molecule has 0 unspecified atom stereocenters. The maximum Gasteiger partial charge on any atom is 0.132 e. The van der Waals surface area contributed by atoms with E-state index in [1.165, 1.54) is 23.5 Å². The fourth-order valence-corrected chi connectivity index (χ4v) is 4.14. The van der Waals surface area contributed by atoms with Gasteiger partial charge in [-0.1, -0.05) is 30.3 Å². The van der Waals surface area contributed by atoms with Crippen molar-refractivity contribution in [2.24, 2.45) is 0 Å². The Morgan fingerprint density at radius 2 is 1.78 bits per heavy atom. The Kier molecular flexibility index (Phi) is 5.48. The lowest BCUT2D eigenvalue weighted by molar-refractivity contribution is 0.218. The maximum absolute atomic E-state index is 13.1. The first kappa shape index (κ1) is 18.1. The van der Waals surface area contributed by atoms with Crippen LogP contribution in [-0.2, 0) is 6.54 Å². The molecule has 2 aromatic carbocycles. The van der Waals surface area contributed by atoms with Crippen LogP contribution in [0.5, 0.6) is 0 Å². The Morgan fingerprint density at radius 1 is 1.04 bits per heavy atom. The van der Waals surface area contributed by atoms with Crippen LogP contribution in [0.4, 0.5) is 10.1 Å². The number of piperazine rings is 1. The van der Waals surface area contributed by atoms with Crippen LogP contribution in [0.1, 0.15) is 22.2 Å². The van der Waals surface area contributed by atoms with Gasteiger partial charge in [0.1, 0.15) is 16.9 Å². The summed E-state index contributed by atoms with van der Waals surface area (Å²) in [6.45, 7) is 4.47. The summed E-state index contributed by atoms with van der Waals surface area (Å²) >= 11 is 1.47. The van der Waals surface area contributed by atoms with Gasteiger partial charge in [-0.2, -0.15) is 0 Å². The number of hydrogen-bond donors (Lipinski definition) is 1. The molecule has 27 heavy (non-hydrogen) atoms. The van der Waals surface area contributed by atoms with Crippen LogP contribution in [-0.4, -0.2) is 41.2 Å². The molecule has 0 bridgehead atoms. The maximum atomic E-state index is 13.1. The number of benzene rings is 2. The molecule has 0 aliphatic carbocycles. The van der Waals surface area contributed by atoms with Crippen molar-refractivity contribution < 1.29 is 9.50 Å². The predicted molar refractivity (Wildman–Crippen MR) is 107 cm³/mol. The Hall–Kier alpha value is -2.28. The number of thiazole rings is 1. The Bertz CT molecular complexity index is 861. The molecule has 6 heteroatoms. The van der Waals surface area contributed by atoms with Gasteiger partial charge < -0.3 is 10.0 Å². The number of para-hydroxylation sites is 1. The summed E-state index contributed by atoms with van der Waals surface area (Å²) in [6.07, 6.45) is 1.03. The average molecular weight is 383 g/mol. The smallest absolute Gasteiger partial charge is 0.132 e. The lowest BCUT2D eigenvalue weighted by atomic mass is 10.1. The molecule has 0 spiro atoms. The first-order chi connectivity index (χ1) is 13.2. The van der Waals surface area contributed by atoms with Crippen molar-refractivity contribution in [1.29, 1.82) is 0 Å². The van der Waals surface area contributed by atoms with Crippen molar-refractivity contribution in [3.8, 4) is 0 Å². The van der Waals surface area contributed by atoms with Crippen molar-refractivity contribution in [3.63, 3.8) is 0 Å². The SMILES string of the molecule is O[C@H](c1nccs1)c1ccccc1N1CCN(Cc2ccc(F)cc2)CC1. The van der Waals surface area contributed by atoms with Crippen LogP contribution in [0.15, 0.2) is 60.1 Å². The Balaban J connectivity index is 1.43. The molecule has 1 atom stereocenters. The summed E-state index contributed by atoms with van der Waals surface area (Å²) in [5, 5.41) is 13.3. The van der Waals surface area contributed by atoms with Gasteiger partial charge in [0, 0.05) is 55.6 Å². The fourth-order valence-electron chi connectivity index (χ4n) is 3.50. The van der Waals surface area contributed by atoms with E-state index in [-0.39, 0.29) is 5.82 Å². The minimum atomic E-state index is -0.696. The first-order valence-electron chi connectivity index (χ1n) is 9.09. The van der Waals surface area contributed by atoms with Crippen LogP contribution in [0.2, 0.25) is 0 Å². The van der Waals surface area contributed by atoms with E-state index in [1.807, 2.05) is 35.7 Å². The van der Waals surface area contributed by atoms with Crippen LogP contribution >= 0.6 is 11.3 Å². The summed E-state index contributed by atoms with van der Waals surface area (Å²) in [5.74, 6) is -0.195. The summed E-state index contributed by atoms with van der Waals surface area (Å²) in [4.78, 5) is 8.96.